The molecule has 7 heteroatoms. The zero-order valence-corrected chi connectivity index (χ0v) is 17.0. The highest BCUT2D eigenvalue weighted by Gasteiger charge is 2.48. The molecule has 1 aliphatic heterocycles. The molecule has 3 N–H and O–H groups in total. The van der Waals surface area contributed by atoms with Gasteiger partial charge in [-0.15, -0.1) is 0 Å². The number of rotatable bonds is 5. The first-order valence-electron chi connectivity index (χ1n) is 10.3. The molecule has 0 aromatic heterocycles. The maximum absolute atomic E-state index is 12.9. The van der Waals surface area contributed by atoms with Crippen molar-refractivity contribution >= 4 is 29.2 Å². The van der Waals surface area contributed by atoms with Gasteiger partial charge in [-0.2, -0.15) is 0 Å². The number of hydrogen-bond donors (Lipinski definition) is 3. The highest BCUT2D eigenvalue weighted by molar-refractivity contribution is 6.07. The number of nitrogens with one attached hydrogen (secondary N) is 3. The Labute approximate surface area is 175 Å². The third-order valence-corrected chi connectivity index (χ3v) is 6.06. The number of carbonyl (C=O) groups excluding carboxylic acids is 3. The fraction of sp³-hybridized carbons (Fsp3) is 0.348. The minimum Gasteiger partial charge on any atom is -0.369 e. The van der Waals surface area contributed by atoms with Crippen molar-refractivity contribution in [1.82, 2.24) is 10.6 Å². The Balaban J connectivity index is 1.41. The van der Waals surface area contributed by atoms with Gasteiger partial charge in [0.25, 0.3) is 5.91 Å². The van der Waals surface area contributed by atoms with Crippen molar-refractivity contribution in [2.24, 2.45) is 5.92 Å². The Bertz CT molecular complexity index is 952. The Morgan fingerprint density at radius 2 is 1.73 bits per heavy atom. The quantitative estimate of drug-likeness (QED) is 0.666. The van der Waals surface area contributed by atoms with Crippen LogP contribution in [0.15, 0.2) is 54.6 Å². The van der Waals surface area contributed by atoms with Gasteiger partial charge in [-0.25, -0.2) is 4.79 Å². The van der Waals surface area contributed by atoms with Crippen molar-refractivity contribution in [3.63, 3.8) is 0 Å². The number of carbonyl (C=O) groups is 3. The monoisotopic (exact) mass is 406 g/mol. The first kappa shape index (κ1) is 19.9. The van der Waals surface area contributed by atoms with Crippen LogP contribution in [0.1, 0.15) is 31.2 Å². The van der Waals surface area contributed by atoms with Gasteiger partial charge in [0.2, 0.25) is 5.91 Å². The van der Waals surface area contributed by atoms with Crippen LogP contribution in [0.5, 0.6) is 0 Å². The van der Waals surface area contributed by atoms with Gasteiger partial charge in [0.15, 0.2) is 0 Å². The molecule has 0 unspecified atom stereocenters. The molecule has 1 saturated carbocycles. The molecule has 7 nitrogen and oxygen atoms in total. The van der Waals surface area contributed by atoms with E-state index in [0.717, 1.165) is 17.9 Å². The summed E-state index contributed by atoms with van der Waals surface area (Å²) in [6, 6.07) is 17.5. The normalized spacial score (nSPS) is 23.0. The van der Waals surface area contributed by atoms with Gasteiger partial charge in [0.1, 0.15) is 5.54 Å². The van der Waals surface area contributed by atoms with Gasteiger partial charge in [-0.3, -0.25) is 14.9 Å². The Morgan fingerprint density at radius 3 is 2.40 bits per heavy atom. The molecule has 30 heavy (non-hydrogen) atoms. The molecule has 0 atom stereocenters. The molecule has 4 amide bonds. The summed E-state index contributed by atoms with van der Waals surface area (Å²) in [7, 11) is 2.00. The lowest BCUT2D eigenvalue weighted by atomic mass is 9.76. The Hall–Kier alpha value is -3.35. The van der Waals surface area contributed by atoms with Gasteiger partial charge < -0.3 is 15.5 Å². The van der Waals surface area contributed by atoms with Crippen molar-refractivity contribution in [1.29, 1.82) is 0 Å². The van der Waals surface area contributed by atoms with Crippen LogP contribution < -0.4 is 20.9 Å². The number of imide groups is 1. The average Bonchev–Trinajstić information content (AvgIpc) is 3.02. The van der Waals surface area contributed by atoms with Gasteiger partial charge in [-0.1, -0.05) is 42.5 Å². The lowest BCUT2D eigenvalue weighted by Crippen LogP contribution is -2.50. The second-order valence-electron chi connectivity index (χ2n) is 8.11. The largest absolute Gasteiger partial charge is 0.369 e. The number of para-hydroxylation sites is 2. The van der Waals surface area contributed by atoms with E-state index in [1.807, 2.05) is 49.5 Å². The Kier molecular flexibility index (Phi) is 5.44. The van der Waals surface area contributed by atoms with Gasteiger partial charge in [0.05, 0.1) is 11.4 Å². The standard InChI is InChI=1S/C23H26N4O3/c1-27(15-16-7-3-2-4-8-16)19-10-6-5-9-18(19)24-20(28)17-11-13-23(14-12-17)21(29)25-22(30)26-23/h2-10,17H,11-15H2,1H3,(H,24,28)(H2,25,26,29,30). The van der Waals surface area contributed by atoms with Crippen molar-refractivity contribution < 1.29 is 14.4 Å². The number of anilines is 2. The SMILES string of the molecule is CN(Cc1ccccc1)c1ccccc1NC(=O)C1CCC2(CC1)NC(=O)NC2=O. The molecule has 0 bridgehead atoms. The number of nitrogens with zero attached hydrogens (tertiary/aromatic N) is 1. The summed E-state index contributed by atoms with van der Waals surface area (Å²) in [4.78, 5) is 38.6. The van der Waals surface area contributed by atoms with Crippen LogP contribution in [0.25, 0.3) is 0 Å². The summed E-state index contributed by atoms with van der Waals surface area (Å²) in [5.74, 6) is -0.511. The molecule has 156 valence electrons. The third kappa shape index (κ3) is 4.01. The lowest BCUT2D eigenvalue weighted by Gasteiger charge is -2.34. The van der Waals surface area contributed by atoms with E-state index in [1.54, 1.807) is 0 Å². The van der Waals surface area contributed by atoms with E-state index in [1.165, 1.54) is 5.56 Å². The number of hydrogen-bond acceptors (Lipinski definition) is 4. The summed E-state index contributed by atoms with van der Waals surface area (Å²) < 4.78 is 0. The summed E-state index contributed by atoms with van der Waals surface area (Å²) in [6.45, 7) is 0.731. The predicted octanol–water partition coefficient (Wildman–Crippen LogP) is 3.03. The van der Waals surface area contributed by atoms with E-state index in [0.29, 0.717) is 25.7 Å². The van der Waals surface area contributed by atoms with E-state index >= 15 is 0 Å². The fourth-order valence-electron chi connectivity index (χ4n) is 4.34. The summed E-state index contributed by atoms with van der Waals surface area (Å²) in [6.07, 6.45) is 2.06. The highest BCUT2D eigenvalue weighted by Crippen LogP contribution is 2.35. The van der Waals surface area contributed by atoms with Crippen LogP contribution in [-0.2, 0) is 16.1 Å². The zero-order chi connectivity index (χ0) is 21.1. The molecule has 2 aliphatic rings. The maximum atomic E-state index is 12.9. The molecule has 2 aromatic rings. The van der Waals surface area contributed by atoms with Crippen LogP contribution in [0.4, 0.5) is 16.2 Å². The van der Waals surface area contributed by atoms with Crippen LogP contribution in [0, 0.1) is 5.92 Å². The van der Waals surface area contributed by atoms with Crippen LogP contribution in [0.3, 0.4) is 0 Å². The average molecular weight is 406 g/mol. The Morgan fingerprint density at radius 1 is 1.07 bits per heavy atom. The summed E-state index contributed by atoms with van der Waals surface area (Å²) in [5.41, 5.74) is 2.06. The van der Waals surface area contributed by atoms with Crippen molar-refractivity contribution in [2.75, 3.05) is 17.3 Å². The molecule has 2 aromatic carbocycles. The number of benzene rings is 2. The van der Waals surface area contributed by atoms with E-state index < -0.39 is 11.6 Å². The topological polar surface area (TPSA) is 90.5 Å². The molecule has 2 fully saturated rings. The van der Waals surface area contributed by atoms with E-state index in [2.05, 4.69) is 33.0 Å². The summed E-state index contributed by atoms with van der Waals surface area (Å²) in [5, 5.41) is 8.12. The van der Waals surface area contributed by atoms with E-state index in [9.17, 15) is 14.4 Å². The highest BCUT2D eigenvalue weighted by atomic mass is 16.2. The molecule has 1 saturated heterocycles. The molecule has 1 aliphatic carbocycles. The molecular formula is C23H26N4O3. The van der Waals surface area contributed by atoms with Crippen molar-refractivity contribution in [2.45, 2.75) is 37.8 Å². The van der Waals surface area contributed by atoms with Gasteiger partial charge >= 0.3 is 6.03 Å². The van der Waals surface area contributed by atoms with Crippen LogP contribution in [0.2, 0.25) is 0 Å². The van der Waals surface area contributed by atoms with E-state index in [4.69, 9.17) is 0 Å². The predicted molar refractivity (Wildman–Crippen MR) is 115 cm³/mol. The fourth-order valence-corrected chi connectivity index (χ4v) is 4.34. The second-order valence-corrected chi connectivity index (χ2v) is 8.11. The number of amides is 4. The van der Waals surface area contributed by atoms with Gasteiger partial charge in [0, 0.05) is 19.5 Å². The minimum atomic E-state index is -0.846. The molecule has 1 spiro atoms. The van der Waals surface area contributed by atoms with Crippen molar-refractivity contribution in [3.8, 4) is 0 Å². The van der Waals surface area contributed by atoms with Crippen LogP contribution in [-0.4, -0.2) is 30.4 Å². The third-order valence-electron chi connectivity index (χ3n) is 6.06. The number of urea groups is 1. The van der Waals surface area contributed by atoms with Crippen molar-refractivity contribution in [3.05, 3.63) is 60.2 Å². The minimum absolute atomic E-state index is 0.0462. The van der Waals surface area contributed by atoms with Crippen LogP contribution >= 0.6 is 0 Å². The lowest BCUT2D eigenvalue weighted by molar-refractivity contribution is -0.128. The zero-order valence-electron chi connectivity index (χ0n) is 17.0. The second kappa shape index (κ2) is 8.18. The maximum Gasteiger partial charge on any atom is 0.322 e. The first-order chi connectivity index (χ1) is 14.5. The smallest absolute Gasteiger partial charge is 0.322 e. The molecular weight excluding hydrogens is 380 g/mol. The summed E-state index contributed by atoms with van der Waals surface area (Å²) >= 11 is 0. The van der Waals surface area contributed by atoms with Gasteiger partial charge in [-0.05, 0) is 43.4 Å². The molecule has 4 rings (SSSR count). The van der Waals surface area contributed by atoms with E-state index in [-0.39, 0.29) is 17.7 Å². The molecule has 1 heterocycles. The molecule has 0 radical (unpaired) electrons. The first-order valence-corrected chi connectivity index (χ1v) is 10.3.